The van der Waals surface area contributed by atoms with Gasteiger partial charge in [-0.15, -0.1) is 0 Å². The molecule has 1 saturated heterocycles. The smallest absolute Gasteiger partial charge is 0.256 e. The van der Waals surface area contributed by atoms with Gasteiger partial charge >= 0.3 is 0 Å². The number of H-pyrrole nitrogens is 1. The number of carbonyl (C=O) groups is 1. The fourth-order valence-corrected chi connectivity index (χ4v) is 2.55. The molecule has 7 heteroatoms. The van der Waals surface area contributed by atoms with Crippen molar-refractivity contribution >= 4 is 24.1 Å². The van der Waals surface area contributed by atoms with Crippen molar-refractivity contribution in [3.05, 3.63) is 47.0 Å². The second kappa shape index (κ2) is 6.01. The lowest BCUT2D eigenvalue weighted by molar-refractivity contribution is 0.0745. The highest BCUT2D eigenvalue weighted by Crippen LogP contribution is 2.12. The number of pyridine rings is 1. The maximum Gasteiger partial charge on any atom is 0.256 e. The zero-order valence-corrected chi connectivity index (χ0v) is 12.2. The minimum atomic E-state index is -0.0227. The molecule has 0 atom stereocenters. The van der Waals surface area contributed by atoms with Crippen molar-refractivity contribution in [2.24, 2.45) is 0 Å². The molecule has 21 heavy (non-hydrogen) atoms. The Labute approximate surface area is 127 Å². The van der Waals surface area contributed by atoms with Crippen molar-refractivity contribution in [2.45, 2.75) is 0 Å². The van der Waals surface area contributed by atoms with Gasteiger partial charge in [-0.1, -0.05) is 12.2 Å². The lowest BCUT2D eigenvalue weighted by atomic mass is 10.2. The summed E-state index contributed by atoms with van der Waals surface area (Å²) in [7, 11) is 0. The number of anilines is 1. The molecule has 3 rings (SSSR count). The summed E-state index contributed by atoms with van der Waals surface area (Å²) in [5.41, 5.74) is 0.553. The minimum Gasteiger partial charge on any atom is -0.352 e. The normalized spacial score (nSPS) is 15.0. The molecule has 2 aromatic heterocycles. The van der Waals surface area contributed by atoms with Gasteiger partial charge in [0.05, 0.1) is 5.56 Å². The van der Waals surface area contributed by atoms with Crippen LogP contribution in [-0.4, -0.2) is 51.9 Å². The van der Waals surface area contributed by atoms with Crippen LogP contribution >= 0.6 is 12.2 Å². The Morgan fingerprint density at radius 1 is 1.14 bits per heavy atom. The van der Waals surface area contributed by atoms with Gasteiger partial charge in [0.15, 0.2) is 0 Å². The van der Waals surface area contributed by atoms with Crippen LogP contribution in [0.4, 0.5) is 5.95 Å². The molecule has 0 spiro atoms. The Morgan fingerprint density at radius 2 is 1.86 bits per heavy atom. The number of nitrogens with one attached hydrogen (secondary N) is 1. The van der Waals surface area contributed by atoms with E-state index < -0.39 is 0 Å². The highest BCUT2D eigenvalue weighted by atomic mass is 32.1. The van der Waals surface area contributed by atoms with Gasteiger partial charge in [-0.25, -0.2) is 9.97 Å². The summed E-state index contributed by atoms with van der Waals surface area (Å²) in [4.78, 5) is 27.7. The lowest BCUT2D eigenvalue weighted by Gasteiger charge is -2.34. The quantitative estimate of drug-likeness (QED) is 0.852. The standard InChI is InChI=1S/C14H15N5OS/c20-13(11-3-1-4-15-12(11)21)18-7-9-19(10-8-18)14-16-5-2-6-17-14/h1-6H,7-10H2,(H,15,21). The third-order valence-corrected chi connectivity index (χ3v) is 3.79. The second-order valence-electron chi connectivity index (χ2n) is 4.74. The summed E-state index contributed by atoms with van der Waals surface area (Å²) >= 11 is 5.16. The maximum absolute atomic E-state index is 12.5. The molecule has 3 heterocycles. The molecule has 6 nitrogen and oxygen atoms in total. The van der Waals surface area contributed by atoms with Crippen molar-refractivity contribution < 1.29 is 4.79 Å². The number of hydrogen-bond donors (Lipinski definition) is 1. The zero-order chi connectivity index (χ0) is 14.7. The van der Waals surface area contributed by atoms with E-state index in [-0.39, 0.29) is 5.91 Å². The van der Waals surface area contributed by atoms with Crippen LogP contribution in [0.15, 0.2) is 36.8 Å². The van der Waals surface area contributed by atoms with E-state index in [1.807, 2.05) is 4.90 Å². The predicted octanol–water partition coefficient (Wildman–Crippen LogP) is 1.50. The summed E-state index contributed by atoms with van der Waals surface area (Å²) in [6.45, 7) is 2.72. The molecular formula is C14H15N5OS. The van der Waals surface area contributed by atoms with E-state index in [9.17, 15) is 4.79 Å². The molecule has 0 saturated carbocycles. The monoisotopic (exact) mass is 301 g/mol. The van der Waals surface area contributed by atoms with E-state index in [0.29, 0.717) is 29.2 Å². The van der Waals surface area contributed by atoms with Gasteiger partial charge in [-0.05, 0) is 18.2 Å². The van der Waals surface area contributed by atoms with Crippen LogP contribution in [0, 0.1) is 4.64 Å². The fraction of sp³-hybridized carbons (Fsp3) is 0.286. The first-order valence-electron chi connectivity index (χ1n) is 6.74. The molecule has 0 aliphatic carbocycles. The number of piperazine rings is 1. The maximum atomic E-state index is 12.5. The third kappa shape index (κ3) is 2.92. The summed E-state index contributed by atoms with van der Waals surface area (Å²) in [6, 6.07) is 5.34. The van der Waals surface area contributed by atoms with Crippen LogP contribution in [0.5, 0.6) is 0 Å². The second-order valence-corrected chi connectivity index (χ2v) is 5.15. The Morgan fingerprint density at radius 3 is 2.52 bits per heavy atom. The molecule has 1 N–H and O–H groups in total. The fourth-order valence-electron chi connectivity index (χ4n) is 2.32. The number of hydrogen-bond acceptors (Lipinski definition) is 5. The SMILES string of the molecule is O=C(c1ccc[nH]c1=S)N1CCN(c2ncccn2)CC1. The van der Waals surface area contributed by atoms with Crippen LogP contribution in [0.1, 0.15) is 10.4 Å². The topological polar surface area (TPSA) is 65.1 Å². The van der Waals surface area contributed by atoms with E-state index >= 15 is 0 Å². The summed E-state index contributed by atoms with van der Waals surface area (Å²) in [5.74, 6) is 0.687. The number of aromatic amines is 1. The number of nitrogens with zero attached hydrogens (tertiary/aromatic N) is 4. The number of rotatable bonds is 2. The first-order valence-corrected chi connectivity index (χ1v) is 7.15. The van der Waals surface area contributed by atoms with Crippen LogP contribution in [0.2, 0.25) is 0 Å². The highest BCUT2D eigenvalue weighted by Gasteiger charge is 2.23. The predicted molar refractivity (Wildman–Crippen MR) is 81.8 cm³/mol. The Balaban J connectivity index is 1.68. The largest absolute Gasteiger partial charge is 0.352 e. The molecule has 0 radical (unpaired) electrons. The average molecular weight is 301 g/mol. The van der Waals surface area contributed by atoms with Gasteiger partial charge in [-0.3, -0.25) is 4.79 Å². The molecule has 0 aromatic carbocycles. The first-order chi connectivity index (χ1) is 10.3. The van der Waals surface area contributed by atoms with Gasteiger partial charge in [0.1, 0.15) is 4.64 Å². The molecule has 2 aromatic rings. The van der Waals surface area contributed by atoms with Crippen LogP contribution < -0.4 is 4.90 Å². The lowest BCUT2D eigenvalue weighted by Crippen LogP contribution is -2.49. The van der Waals surface area contributed by atoms with Crippen molar-refractivity contribution in [3.63, 3.8) is 0 Å². The number of amides is 1. The van der Waals surface area contributed by atoms with Crippen LogP contribution in [-0.2, 0) is 0 Å². The Bertz CT molecular complexity index is 679. The van der Waals surface area contributed by atoms with E-state index in [4.69, 9.17) is 12.2 Å². The minimum absolute atomic E-state index is 0.0227. The van der Waals surface area contributed by atoms with E-state index in [0.717, 1.165) is 13.1 Å². The molecule has 1 aliphatic heterocycles. The summed E-state index contributed by atoms with van der Waals surface area (Å²) in [5, 5.41) is 0. The summed E-state index contributed by atoms with van der Waals surface area (Å²) in [6.07, 6.45) is 5.18. The van der Waals surface area contributed by atoms with Crippen molar-refractivity contribution in [3.8, 4) is 0 Å². The van der Waals surface area contributed by atoms with E-state index in [2.05, 4.69) is 19.9 Å². The highest BCUT2D eigenvalue weighted by molar-refractivity contribution is 7.71. The van der Waals surface area contributed by atoms with Gasteiger partial charge in [-0.2, -0.15) is 0 Å². The number of carbonyl (C=O) groups excluding carboxylic acids is 1. The first kappa shape index (κ1) is 13.7. The molecule has 0 unspecified atom stereocenters. The van der Waals surface area contributed by atoms with Gasteiger partial charge in [0.25, 0.3) is 5.91 Å². The Hall–Kier alpha value is -2.28. The van der Waals surface area contributed by atoms with E-state index in [1.54, 1.807) is 36.8 Å². The van der Waals surface area contributed by atoms with E-state index in [1.165, 1.54) is 0 Å². The van der Waals surface area contributed by atoms with Crippen LogP contribution in [0.3, 0.4) is 0 Å². The average Bonchev–Trinajstić information content (AvgIpc) is 2.56. The molecule has 1 aliphatic rings. The van der Waals surface area contributed by atoms with Gasteiger partial charge < -0.3 is 14.8 Å². The van der Waals surface area contributed by atoms with Gasteiger partial charge in [0.2, 0.25) is 5.95 Å². The van der Waals surface area contributed by atoms with Crippen molar-refractivity contribution in [1.29, 1.82) is 0 Å². The Kier molecular flexibility index (Phi) is 3.92. The van der Waals surface area contributed by atoms with Crippen LogP contribution in [0.25, 0.3) is 0 Å². The third-order valence-electron chi connectivity index (χ3n) is 3.45. The number of aromatic nitrogens is 3. The molecule has 1 fully saturated rings. The summed E-state index contributed by atoms with van der Waals surface area (Å²) < 4.78 is 0.483. The van der Waals surface area contributed by atoms with Gasteiger partial charge in [0, 0.05) is 44.8 Å². The van der Waals surface area contributed by atoms with Crippen molar-refractivity contribution in [2.75, 3.05) is 31.1 Å². The zero-order valence-electron chi connectivity index (χ0n) is 11.4. The molecule has 108 valence electrons. The molecule has 1 amide bonds. The molecule has 0 bridgehead atoms. The van der Waals surface area contributed by atoms with Crippen molar-refractivity contribution in [1.82, 2.24) is 19.9 Å². The molecular weight excluding hydrogens is 286 g/mol.